The van der Waals surface area contributed by atoms with Crippen LogP contribution in [0.15, 0.2) is 48.5 Å². The molecule has 4 N–H and O–H groups in total. The summed E-state index contributed by atoms with van der Waals surface area (Å²) in [6, 6.07) is 11.8. The van der Waals surface area contributed by atoms with Crippen molar-refractivity contribution in [2.75, 3.05) is 10.6 Å². The average Bonchev–Trinajstić information content (AvgIpc) is 2.79. The summed E-state index contributed by atoms with van der Waals surface area (Å²) in [5, 5.41) is 18.6. The third-order valence-electron chi connectivity index (χ3n) is 5.85. The molecule has 0 aliphatic rings. The summed E-state index contributed by atoms with van der Waals surface area (Å²) in [5.74, 6) is -2.28. The van der Waals surface area contributed by atoms with E-state index in [9.17, 15) is 32.7 Å². The lowest BCUT2D eigenvalue weighted by molar-refractivity contribution is -0.142. The Morgan fingerprint density at radius 1 is 0.919 bits per heavy atom. The zero-order valence-electron chi connectivity index (χ0n) is 20.6. The Morgan fingerprint density at radius 2 is 1.51 bits per heavy atom. The number of hydrogen-bond donors (Lipinski definition) is 4. The fourth-order valence-electron chi connectivity index (χ4n) is 4.18. The summed E-state index contributed by atoms with van der Waals surface area (Å²) in [6.45, 7) is 5.65. The van der Waals surface area contributed by atoms with Crippen LogP contribution in [0.1, 0.15) is 46.3 Å². The van der Waals surface area contributed by atoms with Crippen LogP contribution in [0, 0.1) is 20.8 Å². The number of amides is 3. The van der Waals surface area contributed by atoms with Gasteiger partial charge in [0.15, 0.2) is 0 Å². The largest absolute Gasteiger partial charge is 0.480 e. The Kier molecular flexibility index (Phi) is 8.42. The third-order valence-corrected chi connectivity index (χ3v) is 5.85. The first-order chi connectivity index (χ1) is 17.3. The van der Waals surface area contributed by atoms with Crippen LogP contribution in [0.3, 0.4) is 0 Å². The molecule has 0 aliphatic heterocycles. The first-order valence-electron chi connectivity index (χ1n) is 11.6. The lowest BCUT2D eigenvalue weighted by Gasteiger charge is -2.18. The average molecular weight is 516 g/mol. The second-order valence-corrected chi connectivity index (χ2v) is 8.97. The normalized spacial score (nSPS) is 12.2. The molecule has 0 aromatic heterocycles. The molecule has 196 valence electrons. The van der Waals surface area contributed by atoms with E-state index >= 15 is 0 Å². The first kappa shape index (κ1) is 27.5. The van der Waals surface area contributed by atoms with Crippen molar-refractivity contribution in [2.45, 2.75) is 52.3 Å². The lowest BCUT2D eigenvalue weighted by atomic mass is 10.0. The molecule has 0 radical (unpaired) electrons. The summed E-state index contributed by atoms with van der Waals surface area (Å²) < 4.78 is 37.5. The molecule has 0 saturated carbocycles. The SMILES string of the molecule is Cc1cc(C)c(NC(=O)Nc2cc3ccccc3cc2C(=O)NC(CCCC(F)(F)F)C(=O)O)c(C)c1. The van der Waals surface area contributed by atoms with Gasteiger partial charge in [0.05, 0.1) is 11.3 Å². The van der Waals surface area contributed by atoms with Crippen LogP contribution in [0.4, 0.5) is 29.3 Å². The highest BCUT2D eigenvalue weighted by atomic mass is 19.4. The number of urea groups is 1. The Balaban J connectivity index is 1.87. The molecule has 3 amide bonds. The number of aryl methyl sites for hydroxylation is 3. The fraction of sp³-hybridized carbons (Fsp3) is 0.296. The van der Waals surface area contributed by atoms with Gasteiger partial charge >= 0.3 is 18.2 Å². The minimum atomic E-state index is -4.43. The van der Waals surface area contributed by atoms with Gasteiger partial charge in [0.2, 0.25) is 0 Å². The highest BCUT2D eigenvalue weighted by Crippen LogP contribution is 2.27. The number of anilines is 2. The molecule has 37 heavy (non-hydrogen) atoms. The summed E-state index contributed by atoms with van der Waals surface area (Å²) in [5.41, 5.74) is 3.46. The van der Waals surface area contributed by atoms with Crippen molar-refractivity contribution in [3.63, 3.8) is 0 Å². The first-order valence-corrected chi connectivity index (χ1v) is 11.6. The van der Waals surface area contributed by atoms with E-state index in [4.69, 9.17) is 0 Å². The molecular formula is C27H28F3N3O4. The number of benzene rings is 3. The number of hydrogen-bond acceptors (Lipinski definition) is 3. The topological polar surface area (TPSA) is 108 Å². The fourth-order valence-corrected chi connectivity index (χ4v) is 4.18. The minimum Gasteiger partial charge on any atom is -0.480 e. The molecule has 0 heterocycles. The van der Waals surface area contributed by atoms with E-state index in [1.165, 1.54) is 6.07 Å². The van der Waals surface area contributed by atoms with Crippen LogP contribution in [0.5, 0.6) is 0 Å². The number of nitrogens with one attached hydrogen (secondary N) is 3. The number of carbonyl (C=O) groups excluding carboxylic acids is 2. The Hall–Kier alpha value is -4.08. The number of halogens is 3. The zero-order chi connectivity index (χ0) is 27.3. The molecule has 7 nitrogen and oxygen atoms in total. The molecule has 3 aromatic rings. The summed E-state index contributed by atoms with van der Waals surface area (Å²) in [7, 11) is 0. The van der Waals surface area contributed by atoms with Crippen molar-refractivity contribution in [1.29, 1.82) is 0 Å². The van der Waals surface area contributed by atoms with Gasteiger partial charge in [-0.1, -0.05) is 42.0 Å². The van der Waals surface area contributed by atoms with E-state index in [1.54, 1.807) is 30.3 Å². The van der Waals surface area contributed by atoms with Crippen LogP contribution < -0.4 is 16.0 Å². The number of carboxylic acids is 1. The van der Waals surface area contributed by atoms with Crippen molar-refractivity contribution >= 4 is 40.1 Å². The molecular weight excluding hydrogens is 487 g/mol. The highest BCUT2D eigenvalue weighted by Gasteiger charge is 2.29. The van der Waals surface area contributed by atoms with Gasteiger partial charge in [-0.15, -0.1) is 0 Å². The van der Waals surface area contributed by atoms with E-state index in [-0.39, 0.29) is 11.3 Å². The van der Waals surface area contributed by atoms with Crippen molar-refractivity contribution < 1.29 is 32.7 Å². The maximum atomic E-state index is 13.1. The van der Waals surface area contributed by atoms with Crippen LogP contribution >= 0.6 is 0 Å². The Labute approximate surface area is 212 Å². The molecule has 10 heteroatoms. The van der Waals surface area contributed by atoms with Gasteiger partial charge in [0, 0.05) is 12.1 Å². The second kappa shape index (κ2) is 11.3. The monoisotopic (exact) mass is 515 g/mol. The number of carbonyl (C=O) groups is 3. The van der Waals surface area contributed by atoms with Crippen molar-refractivity contribution in [2.24, 2.45) is 0 Å². The van der Waals surface area contributed by atoms with Gasteiger partial charge in [-0.05, 0) is 67.6 Å². The van der Waals surface area contributed by atoms with Crippen molar-refractivity contribution in [1.82, 2.24) is 5.32 Å². The molecule has 0 spiro atoms. The van der Waals surface area contributed by atoms with Crippen molar-refractivity contribution in [3.8, 4) is 0 Å². The van der Waals surface area contributed by atoms with Gasteiger partial charge in [-0.2, -0.15) is 13.2 Å². The summed E-state index contributed by atoms with van der Waals surface area (Å²) >= 11 is 0. The summed E-state index contributed by atoms with van der Waals surface area (Å²) in [4.78, 5) is 37.6. The molecule has 3 rings (SSSR count). The Morgan fingerprint density at radius 3 is 2.08 bits per heavy atom. The molecule has 0 aliphatic carbocycles. The van der Waals surface area contributed by atoms with Gasteiger partial charge in [-0.25, -0.2) is 9.59 Å². The molecule has 1 atom stereocenters. The van der Waals surface area contributed by atoms with Crippen LogP contribution in [-0.4, -0.2) is 35.2 Å². The van der Waals surface area contributed by atoms with Crippen molar-refractivity contribution in [3.05, 3.63) is 70.8 Å². The van der Waals surface area contributed by atoms with E-state index in [1.807, 2.05) is 32.9 Å². The number of rotatable bonds is 8. The van der Waals surface area contributed by atoms with Gasteiger partial charge in [0.1, 0.15) is 6.04 Å². The number of carboxylic acid groups (broad SMARTS) is 1. The zero-order valence-corrected chi connectivity index (χ0v) is 20.6. The van der Waals surface area contributed by atoms with E-state index < -0.39 is 49.4 Å². The van der Waals surface area contributed by atoms with E-state index in [2.05, 4.69) is 16.0 Å². The van der Waals surface area contributed by atoms with Crippen LogP contribution in [0.2, 0.25) is 0 Å². The molecule has 0 saturated heterocycles. The van der Waals surface area contributed by atoms with Gasteiger partial charge in [-0.3, -0.25) is 4.79 Å². The van der Waals surface area contributed by atoms with Gasteiger partial charge < -0.3 is 21.1 Å². The summed E-state index contributed by atoms with van der Waals surface area (Å²) in [6.07, 6.45) is -6.44. The van der Waals surface area contributed by atoms with E-state index in [0.29, 0.717) is 11.1 Å². The number of alkyl halides is 3. The van der Waals surface area contributed by atoms with Gasteiger partial charge in [0.25, 0.3) is 5.91 Å². The molecule has 1 unspecified atom stereocenters. The quantitative estimate of drug-likeness (QED) is 0.281. The van der Waals surface area contributed by atoms with Crippen LogP contribution in [0.25, 0.3) is 10.8 Å². The molecule has 0 bridgehead atoms. The second-order valence-electron chi connectivity index (χ2n) is 8.97. The van der Waals surface area contributed by atoms with Crippen LogP contribution in [-0.2, 0) is 4.79 Å². The maximum absolute atomic E-state index is 13.1. The lowest BCUT2D eigenvalue weighted by Crippen LogP contribution is -2.41. The number of fused-ring (bicyclic) bond motifs is 1. The standard InChI is InChI=1S/C27H28F3N3O4/c1-15-11-16(2)23(17(3)12-15)33-26(37)32-22-14-19-8-5-4-7-18(19)13-20(22)24(34)31-21(25(35)36)9-6-10-27(28,29)30/h4-5,7-8,11-14,21H,6,9-10H2,1-3H3,(H,31,34)(H,35,36)(H2,32,33,37). The molecule has 0 fully saturated rings. The van der Waals surface area contributed by atoms with E-state index in [0.717, 1.165) is 22.1 Å². The highest BCUT2D eigenvalue weighted by molar-refractivity contribution is 6.10. The Bertz CT molecular complexity index is 1320. The predicted molar refractivity (Wildman–Crippen MR) is 136 cm³/mol. The third kappa shape index (κ3) is 7.45. The smallest absolute Gasteiger partial charge is 0.389 e. The predicted octanol–water partition coefficient (Wildman–Crippen LogP) is 6.32. The maximum Gasteiger partial charge on any atom is 0.389 e. The minimum absolute atomic E-state index is 0.0201. The molecule has 3 aromatic carbocycles. The number of aliphatic carboxylic acids is 1.